The summed E-state index contributed by atoms with van der Waals surface area (Å²) in [7, 11) is 0. The predicted octanol–water partition coefficient (Wildman–Crippen LogP) is 3.94. The maximum atomic E-state index is 12.0. The minimum atomic E-state index is -0.381. The molecule has 6 nitrogen and oxygen atoms in total. The van der Waals surface area contributed by atoms with E-state index >= 15 is 0 Å². The van der Waals surface area contributed by atoms with E-state index in [-0.39, 0.29) is 30.0 Å². The number of hydrogen-bond donors (Lipinski definition) is 3. The summed E-state index contributed by atoms with van der Waals surface area (Å²) in [6.07, 6.45) is 3.92. The molecule has 1 unspecified atom stereocenters. The second-order valence-corrected chi connectivity index (χ2v) is 6.48. The van der Waals surface area contributed by atoms with Crippen molar-refractivity contribution >= 4 is 47.2 Å². The lowest BCUT2D eigenvalue weighted by Crippen LogP contribution is -2.15. The monoisotopic (exact) mass is 397 g/mol. The first-order chi connectivity index (χ1) is 12.1. The summed E-state index contributed by atoms with van der Waals surface area (Å²) in [5, 5.41) is 9.15. The van der Waals surface area contributed by atoms with Crippen LogP contribution in [0.1, 0.15) is 29.8 Å². The number of carbonyl (C=O) groups excluding carboxylic acids is 2. The van der Waals surface area contributed by atoms with E-state index in [1.165, 1.54) is 6.26 Å². The van der Waals surface area contributed by atoms with Gasteiger partial charge in [0.25, 0.3) is 5.91 Å². The number of benzene rings is 1. The van der Waals surface area contributed by atoms with Crippen LogP contribution >= 0.6 is 24.0 Å². The Morgan fingerprint density at radius 2 is 2.12 bits per heavy atom. The highest BCUT2D eigenvalue weighted by Crippen LogP contribution is 2.26. The van der Waals surface area contributed by atoms with Gasteiger partial charge in [0, 0.05) is 12.1 Å². The Morgan fingerprint density at radius 3 is 2.77 bits per heavy atom. The molecule has 0 aliphatic carbocycles. The van der Waals surface area contributed by atoms with Crippen LogP contribution in [0.15, 0.2) is 41.0 Å². The number of rotatable bonds is 6. The van der Waals surface area contributed by atoms with Crippen molar-refractivity contribution in [1.29, 1.82) is 0 Å². The van der Waals surface area contributed by atoms with Crippen LogP contribution in [0.5, 0.6) is 0 Å². The van der Waals surface area contributed by atoms with Crippen molar-refractivity contribution in [2.45, 2.75) is 19.3 Å². The summed E-state index contributed by atoms with van der Waals surface area (Å²) in [6, 6.07) is 8.18. The first kappa shape index (κ1) is 20.3. The van der Waals surface area contributed by atoms with Crippen LogP contribution < -0.4 is 16.0 Å². The van der Waals surface area contributed by atoms with Crippen molar-refractivity contribution in [2.75, 3.05) is 23.7 Å². The molecular weight excluding hydrogens is 377 g/mol. The zero-order valence-electron chi connectivity index (χ0n) is 14.1. The highest BCUT2D eigenvalue weighted by Gasteiger charge is 2.16. The molecule has 0 bridgehead atoms. The van der Waals surface area contributed by atoms with E-state index in [1.807, 2.05) is 0 Å². The number of furan rings is 1. The Morgan fingerprint density at radius 1 is 1.27 bits per heavy atom. The number of amides is 2. The minimum absolute atomic E-state index is 0. The van der Waals surface area contributed by atoms with Gasteiger partial charge in [0.15, 0.2) is 5.76 Å². The van der Waals surface area contributed by atoms with Crippen molar-refractivity contribution in [3.8, 4) is 0 Å². The van der Waals surface area contributed by atoms with Gasteiger partial charge in [-0.1, -0.05) is 11.6 Å². The van der Waals surface area contributed by atoms with E-state index in [4.69, 9.17) is 16.0 Å². The summed E-state index contributed by atoms with van der Waals surface area (Å²) in [5.41, 5.74) is 1.06. The number of hydrogen-bond acceptors (Lipinski definition) is 4. The maximum absolute atomic E-state index is 12.0. The molecule has 1 aliphatic heterocycles. The summed E-state index contributed by atoms with van der Waals surface area (Å²) < 4.78 is 5.04. The Bertz CT molecular complexity index is 744. The number of anilines is 2. The molecule has 1 aromatic heterocycles. The zero-order valence-corrected chi connectivity index (χ0v) is 15.7. The average molecular weight is 398 g/mol. The standard InChI is InChI=1S/C18H20ClN3O3.ClH/c19-14-10-13(21-17(23)6-3-12-7-8-20-11-12)4-5-15(14)22-18(24)16-2-1-9-25-16;/h1-2,4-5,9-10,12,20H,3,6-8,11H2,(H,21,23)(H,22,24);1H. The van der Waals surface area contributed by atoms with Crippen LogP contribution in [0.25, 0.3) is 0 Å². The summed E-state index contributed by atoms with van der Waals surface area (Å²) in [4.78, 5) is 24.0. The van der Waals surface area contributed by atoms with Crippen LogP contribution in [0.4, 0.5) is 11.4 Å². The van der Waals surface area contributed by atoms with Crippen LogP contribution in [0, 0.1) is 5.92 Å². The molecule has 1 atom stereocenters. The van der Waals surface area contributed by atoms with Crippen LogP contribution in [-0.2, 0) is 4.79 Å². The molecule has 1 aromatic carbocycles. The van der Waals surface area contributed by atoms with Gasteiger partial charge < -0.3 is 20.4 Å². The topological polar surface area (TPSA) is 83.4 Å². The van der Waals surface area contributed by atoms with Gasteiger partial charge in [-0.15, -0.1) is 12.4 Å². The molecular formula is C18H21Cl2N3O3. The summed E-state index contributed by atoms with van der Waals surface area (Å²) in [5.74, 6) is 0.368. The number of halogens is 2. The Balaban J connectivity index is 0.00000243. The Labute approximate surface area is 163 Å². The molecule has 140 valence electrons. The molecule has 3 rings (SSSR count). The third kappa shape index (κ3) is 5.49. The van der Waals surface area contributed by atoms with Crippen LogP contribution in [0.3, 0.4) is 0 Å². The molecule has 3 N–H and O–H groups in total. The zero-order chi connectivity index (χ0) is 17.6. The van der Waals surface area contributed by atoms with E-state index in [0.717, 1.165) is 25.9 Å². The van der Waals surface area contributed by atoms with Crippen molar-refractivity contribution in [3.63, 3.8) is 0 Å². The highest BCUT2D eigenvalue weighted by atomic mass is 35.5. The largest absolute Gasteiger partial charge is 0.459 e. The minimum Gasteiger partial charge on any atom is -0.459 e. The molecule has 0 saturated carbocycles. The molecule has 2 heterocycles. The lowest BCUT2D eigenvalue weighted by Gasteiger charge is -2.11. The van der Waals surface area contributed by atoms with Crippen molar-refractivity contribution in [2.24, 2.45) is 5.92 Å². The summed E-state index contributed by atoms with van der Waals surface area (Å²) in [6.45, 7) is 2.02. The van der Waals surface area contributed by atoms with Gasteiger partial charge in [0.1, 0.15) is 0 Å². The van der Waals surface area contributed by atoms with Crippen molar-refractivity contribution in [1.82, 2.24) is 5.32 Å². The van der Waals surface area contributed by atoms with E-state index in [0.29, 0.717) is 28.7 Å². The fourth-order valence-electron chi connectivity index (χ4n) is 2.81. The maximum Gasteiger partial charge on any atom is 0.291 e. The lowest BCUT2D eigenvalue weighted by molar-refractivity contribution is -0.116. The predicted molar refractivity (Wildman–Crippen MR) is 104 cm³/mol. The van der Waals surface area contributed by atoms with Gasteiger partial charge in [-0.2, -0.15) is 0 Å². The van der Waals surface area contributed by atoms with Gasteiger partial charge >= 0.3 is 0 Å². The van der Waals surface area contributed by atoms with Gasteiger partial charge in [-0.05, 0) is 62.2 Å². The molecule has 1 saturated heterocycles. The third-order valence-corrected chi connectivity index (χ3v) is 4.50. The second-order valence-electron chi connectivity index (χ2n) is 6.07. The van der Waals surface area contributed by atoms with Gasteiger partial charge in [-0.25, -0.2) is 0 Å². The number of nitrogens with one attached hydrogen (secondary N) is 3. The van der Waals surface area contributed by atoms with Crippen molar-refractivity contribution < 1.29 is 14.0 Å². The molecule has 1 aliphatic rings. The molecule has 0 radical (unpaired) electrons. The summed E-state index contributed by atoms with van der Waals surface area (Å²) >= 11 is 6.19. The first-order valence-corrected chi connectivity index (χ1v) is 8.64. The fraction of sp³-hybridized carbons (Fsp3) is 0.333. The van der Waals surface area contributed by atoms with Crippen LogP contribution in [-0.4, -0.2) is 24.9 Å². The van der Waals surface area contributed by atoms with E-state index in [9.17, 15) is 9.59 Å². The third-order valence-electron chi connectivity index (χ3n) is 4.19. The molecule has 2 aromatic rings. The second kappa shape index (κ2) is 9.62. The van der Waals surface area contributed by atoms with E-state index in [1.54, 1.807) is 30.3 Å². The smallest absolute Gasteiger partial charge is 0.291 e. The number of carbonyl (C=O) groups is 2. The Hall–Kier alpha value is -2.02. The molecule has 0 spiro atoms. The SMILES string of the molecule is Cl.O=C(CCC1CCNC1)Nc1ccc(NC(=O)c2ccco2)c(Cl)c1. The molecule has 8 heteroatoms. The first-order valence-electron chi connectivity index (χ1n) is 8.27. The normalized spacial score (nSPS) is 16.0. The van der Waals surface area contributed by atoms with Gasteiger partial charge in [0.05, 0.1) is 17.0 Å². The highest BCUT2D eigenvalue weighted by molar-refractivity contribution is 6.34. The fourth-order valence-corrected chi connectivity index (χ4v) is 3.03. The van der Waals surface area contributed by atoms with Gasteiger partial charge in [0.2, 0.25) is 5.91 Å². The molecule has 2 amide bonds. The lowest BCUT2D eigenvalue weighted by atomic mass is 10.0. The Kier molecular flexibility index (Phi) is 7.50. The van der Waals surface area contributed by atoms with Crippen LogP contribution in [0.2, 0.25) is 5.02 Å². The van der Waals surface area contributed by atoms with Crippen molar-refractivity contribution in [3.05, 3.63) is 47.4 Å². The van der Waals surface area contributed by atoms with E-state index < -0.39 is 0 Å². The quantitative estimate of drug-likeness (QED) is 0.689. The van der Waals surface area contributed by atoms with Gasteiger partial charge in [-0.3, -0.25) is 9.59 Å². The molecule has 1 fully saturated rings. The average Bonchev–Trinajstić information content (AvgIpc) is 3.29. The molecule has 26 heavy (non-hydrogen) atoms. The van der Waals surface area contributed by atoms with E-state index in [2.05, 4.69) is 16.0 Å².